The number of phenolic OH excluding ortho intramolecular Hbond substituents is 1. The molecule has 1 aromatic heterocycles. The Bertz CT molecular complexity index is 1930. The van der Waals surface area contributed by atoms with E-state index in [1.807, 2.05) is 31.2 Å². The molecule has 5 aliphatic rings. The summed E-state index contributed by atoms with van der Waals surface area (Å²) in [5.41, 5.74) is 2.59. The molecule has 5 fully saturated rings. The number of terminal acetylenes is 1. The zero-order chi connectivity index (χ0) is 31.9. The number of likely N-dealkylation sites (tertiary alicyclic amines) is 1. The van der Waals surface area contributed by atoms with Gasteiger partial charge in [-0.05, 0) is 73.4 Å². The standard InChI is InChI=1S/C38H40FN5O3/c1-3-23-5-4-6-24-12-29(45)13-30(33(23)24)32-22(2)11-31-35(34(32)39)41-37(42-36(31)44-16-27-7-8-28(17-44)40-27)47-21-38(9-10-38)20-43-14-25-18-46-19-26(25)15-43/h1,4-6,11-13,25-28,40,45H,7-10,14-21H2,2H3. The van der Waals surface area contributed by atoms with Gasteiger partial charge in [0, 0.05) is 84.0 Å². The Morgan fingerprint density at radius 1 is 1.09 bits per heavy atom. The highest BCUT2D eigenvalue weighted by atomic mass is 19.1. The molecule has 4 saturated heterocycles. The van der Waals surface area contributed by atoms with Crippen molar-refractivity contribution in [2.75, 3.05) is 57.4 Å². The highest BCUT2D eigenvalue weighted by Gasteiger charge is 2.48. The molecule has 1 saturated carbocycles. The van der Waals surface area contributed by atoms with Crippen LogP contribution in [0.4, 0.5) is 10.2 Å². The van der Waals surface area contributed by atoms with Crippen molar-refractivity contribution in [1.29, 1.82) is 0 Å². The molecule has 5 heterocycles. The molecule has 8 nitrogen and oxygen atoms in total. The Kier molecular flexibility index (Phi) is 6.86. The molecular weight excluding hydrogens is 593 g/mol. The molecule has 1 aliphatic carbocycles. The minimum absolute atomic E-state index is 0.0492. The average molecular weight is 634 g/mol. The summed E-state index contributed by atoms with van der Waals surface area (Å²) in [5.74, 6) is 4.36. The van der Waals surface area contributed by atoms with Gasteiger partial charge in [-0.2, -0.15) is 9.97 Å². The molecule has 4 atom stereocenters. The van der Waals surface area contributed by atoms with Crippen molar-refractivity contribution in [2.45, 2.75) is 44.7 Å². The number of piperazine rings is 1. The molecule has 242 valence electrons. The van der Waals surface area contributed by atoms with Crippen molar-refractivity contribution in [3.63, 3.8) is 0 Å². The molecule has 2 bridgehead atoms. The van der Waals surface area contributed by atoms with Crippen molar-refractivity contribution in [3.05, 3.63) is 53.3 Å². The second kappa shape index (κ2) is 11.0. The van der Waals surface area contributed by atoms with E-state index < -0.39 is 5.82 Å². The zero-order valence-corrected chi connectivity index (χ0v) is 26.8. The number of halogens is 1. The molecule has 0 radical (unpaired) electrons. The monoisotopic (exact) mass is 633 g/mol. The van der Waals surface area contributed by atoms with Gasteiger partial charge < -0.3 is 29.7 Å². The normalized spacial score (nSPS) is 26.2. The Morgan fingerprint density at radius 2 is 1.85 bits per heavy atom. The van der Waals surface area contributed by atoms with Gasteiger partial charge in [0.1, 0.15) is 17.1 Å². The lowest BCUT2D eigenvalue weighted by Gasteiger charge is -2.34. The van der Waals surface area contributed by atoms with Crippen LogP contribution in [0, 0.1) is 42.3 Å². The SMILES string of the molecule is C#Cc1cccc2cc(O)cc(-c3c(C)cc4c(N5CC6CCC(C5)N6)nc(OCC5(CN6CC7COCC7C6)CC5)nc4c3F)c12. The van der Waals surface area contributed by atoms with E-state index in [0.29, 0.717) is 52.6 Å². The van der Waals surface area contributed by atoms with Gasteiger partial charge in [-0.25, -0.2) is 4.39 Å². The van der Waals surface area contributed by atoms with Crippen LogP contribution in [0.3, 0.4) is 0 Å². The number of aromatic hydroxyl groups is 1. The van der Waals surface area contributed by atoms with E-state index in [1.165, 1.54) is 0 Å². The van der Waals surface area contributed by atoms with Gasteiger partial charge in [0.05, 0.1) is 19.8 Å². The smallest absolute Gasteiger partial charge is 0.319 e. The largest absolute Gasteiger partial charge is 0.508 e. The summed E-state index contributed by atoms with van der Waals surface area (Å²) >= 11 is 0. The molecule has 2 N–H and O–H groups in total. The lowest BCUT2D eigenvalue weighted by Crippen LogP contribution is -2.51. The summed E-state index contributed by atoms with van der Waals surface area (Å²) < 4.78 is 29.3. The van der Waals surface area contributed by atoms with E-state index >= 15 is 4.39 Å². The lowest BCUT2D eigenvalue weighted by molar-refractivity contribution is 0.131. The average Bonchev–Trinajstić information content (AvgIpc) is 3.30. The van der Waals surface area contributed by atoms with E-state index in [9.17, 15) is 5.11 Å². The Morgan fingerprint density at radius 3 is 2.57 bits per heavy atom. The predicted molar refractivity (Wildman–Crippen MR) is 180 cm³/mol. The van der Waals surface area contributed by atoms with E-state index in [1.54, 1.807) is 12.1 Å². The fourth-order valence-electron chi connectivity index (χ4n) is 8.78. The van der Waals surface area contributed by atoms with Crippen LogP contribution in [-0.2, 0) is 4.74 Å². The van der Waals surface area contributed by atoms with Gasteiger partial charge in [-0.1, -0.05) is 18.1 Å². The van der Waals surface area contributed by atoms with Crippen LogP contribution >= 0.6 is 0 Å². The number of aromatic nitrogens is 2. The summed E-state index contributed by atoms with van der Waals surface area (Å²) in [6.07, 6.45) is 10.4. The van der Waals surface area contributed by atoms with Gasteiger partial charge in [0.25, 0.3) is 0 Å². The number of fused-ring (bicyclic) bond motifs is 5. The highest BCUT2D eigenvalue weighted by molar-refractivity contribution is 6.04. The van der Waals surface area contributed by atoms with Crippen LogP contribution in [0.2, 0.25) is 0 Å². The van der Waals surface area contributed by atoms with Crippen molar-refractivity contribution in [2.24, 2.45) is 17.3 Å². The minimum Gasteiger partial charge on any atom is -0.508 e. The summed E-state index contributed by atoms with van der Waals surface area (Å²) in [5, 5.41) is 16.6. The van der Waals surface area contributed by atoms with E-state index in [2.05, 4.69) is 21.0 Å². The quantitative estimate of drug-likeness (QED) is 0.267. The van der Waals surface area contributed by atoms with E-state index in [-0.39, 0.29) is 22.7 Å². The van der Waals surface area contributed by atoms with Crippen molar-refractivity contribution >= 4 is 27.5 Å². The lowest BCUT2D eigenvalue weighted by atomic mass is 9.90. The molecule has 4 unspecified atom stereocenters. The van der Waals surface area contributed by atoms with Crippen LogP contribution in [0.5, 0.6) is 11.8 Å². The van der Waals surface area contributed by atoms with E-state index in [0.717, 1.165) is 93.8 Å². The highest BCUT2D eigenvalue weighted by Crippen LogP contribution is 2.48. The number of rotatable bonds is 7. The molecule has 9 heteroatoms. The number of hydrogen-bond donors (Lipinski definition) is 2. The maximum Gasteiger partial charge on any atom is 0.319 e. The summed E-state index contributed by atoms with van der Waals surface area (Å²) in [6, 6.07) is 11.8. The van der Waals surface area contributed by atoms with Gasteiger partial charge >= 0.3 is 6.01 Å². The fraction of sp³-hybridized carbons (Fsp3) is 0.474. The predicted octanol–water partition coefficient (Wildman–Crippen LogP) is 5.26. The minimum atomic E-state index is -0.461. The second-order valence-electron chi connectivity index (χ2n) is 14.7. The topological polar surface area (TPSA) is 83.0 Å². The number of anilines is 1. The number of nitrogens with zero attached hydrogens (tertiary/aromatic N) is 4. The summed E-state index contributed by atoms with van der Waals surface area (Å²) in [4.78, 5) is 14.7. The van der Waals surface area contributed by atoms with Crippen molar-refractivity contribution < 1.29 is 19.0 Å². The third kappa shape index (κ3) is 5.09. The van der Waals surface area contributed by atoms with Gasteiger partial charge in [-0.3, -0.25) is 0 Å². The fourth-order valence-corrected chi connectivity index (χ4v) is 8.78. The third-order valence-electron chi connectivity index (χ3n) is 11.3. The first-order chi connectivity index (χ1) is 22.9. The van der Waals surface area contributed by atoms with Crippen LogP contribution in [0.15, 0.2) is 36.4 Å². The Hall–Kier alpha value is -3.97. The van der Waals surface area contributed by atoms with Crippen LogP contribution in [0.1, 0.15) is 36.8 Å². The summed E-state index contributed by atoms with van der Waals surface area (Å²) in [6.45, 7) is 8.95. The number of hydrogen-bond acceptors (Lipinski definition) is 8. The maximum atomic E-state index is 17.1. The first-order valence-corrected chi connectivity index (χ1v) is 17.0. The molecular formula is C38H40FN5O3. The van der Waals surface area contributed by atoms with Gasteiger partial charge in [0.2, 0.25) is 0 Å². The Balaban J connectivity index is 1.12. The van der Waals surface area contributed by atoms with Gasteiger partial charge in [0.15, 0.2) is 5.82 Å². The van der Waals surface area contributed by atoms with Crippen molar-refractivity contribution in [1.82, 2.24) is 20.2 Å². The number of phenols is 1. The number of ether oxygens (including phenoxy) is 2. The maximum absolute atomic E-state index is 17.1. The molecule has 4 aromatic rings. The molecule has 9 rings (SSSR count). The molecule has 0 spiro atoms. The Labute approximate surface area is 274 Å². The first kappa shape index (κ1) is 29.2. The van der Waals surface area contributed by atoms with Gasteiger partial charge in [-0.15, -0.1) is 6.42 Å². The molecule has 47 heavy (non-hydrogen) atoms. The number of aryl methyl sites for hydroxylation is 1. The van der Waals surface area contributed by atoms with Crippen LogP contribution in [0.25, 0.3) is 32.8 Å². The van der Waals surface area contributed by atoms with Crippen LogP contribution in [-0.4, -0.2) is 84.6 Å². The number of benzene rings is 3. The second-order valence-corrected chi connectivity index (χ2v) is 14.7. The molecule has 3 aromatic carbocycles. The third-order valence-corrected chi connectivity index (χ3v) is 11.3. The number of nitrogens with one attached hydrogen (secondary N) is 1. The molecule has 0 amide bonds. The molecule has 4 aliphatic heterocycles. The van der Waals surface area contributed by atoms with Crippen molar-refractivity contribution in [3.8, 4) is 35.2 Å². The van der Waals surface area contributed by atoms with E-state index in [4.69, 9.17) is 25.9 Å². The first-order valence-electron chi connectivity index (χ1n) is 17.0. The zero-order valence-electron chi connectivity index (χ0n) is 26.8. The van der Waals surface area contributed by atoms with Crippen LogP contribution < -0.4 is 15.0 Å². The summed E-state index contributed by atoms with van der Waals surface area (Å²) in [7, 11) is 0.